The van der Waals surface area contributed by atoms with Gasteiger partial charge < -0.3 is 5.11 Å². The Morgan fingerprint density at radius 2 is 2.12 bits per heavy atom. The van der Waals surface area contributed by atoms with Gasteiger partial charge in [0, 0.05) is 5.56 Å². The number of aliphatic hydroxyl groups is 1. The van der Waals surface area contributed by atoms with Crippen LogP contribution in [0.25, 0.3) is 0 Å². The smallest absolute Gasteiger partial charge is 0.285 e. The molecule has 1 aliphatic heterocycles. The second-order valence-corrected chi connectivity index (χ2v) is 5.46. The van der Waals surface area contributed by atoms with E-state index in [0.717, 1.165) is 5.01 Å². The molecule has 1 aromatic rings. The van der Waals surface area contributed by atoms with Gasteiger partial charge >= 0.3 is 0 Å². The summed E-state index contributed by atoms with van der Waals surface area (Å²) < 4.78 is 27.1. The van der Waals surface area contributed by atoms with Crippen molar-refractivity contribution in [3.63, 3.8) is 0 Å². The quantitative estimate of drug-likeness (QED) is 0.558. The minimum atomic E-state index is -3.65. The molecule has 0 aromatic heterocycles. The van der Waals surface area contributed by atoms with Crippen LogP contribution in [0, 0.1) is 0 Å². The van der Waals surface area contributed by atoms with E-state index in [4.69, 9.17) is 5.84 Å². The van der Waals surface area contributed by atoms with Crippen LogP contribution in [-0.4, -0.2) is 37.0 Å². The fraction of sp³-hybridized carbons (Fsp3) is 0.300. The molecule has 1 heterocycles. The Labute approximate surface area is 99.4 Å². The van der Waals surface area contributed by atoms with Crippen LogP contribution in [0.4, 0.5) is 0 Å². The fourth-order valence-electron chi connectivity index (χ4n) is 1.67. The zero-order valence-corrected chi connectivity index (χ0v) is 10.1. The lowest BCUT2D eigenvalue weighted by atomic mass is 10.2. The van der Waals surface area contributed by atoms with E-state index in [0.29, 0.717) is 5.56 Å². The number of rotatable bonds is 2. The van der Waals surface area contributed by atoms with Crippen molar-refractivity contribution < 1.29 is 13.5 Å². The number of hydrazine groups is 1. The van der Waals surface area contributed by atoms with Gasteiger partial charge in [0.15, 0.2) is 5.84 Å². The average molecular weight is 255 g/mol. The molecule has 0 bridgehead atoms. The Kier molecular flexibility index (Phi) is 2.90. The first kappa shape index (κ1) is 12.0. The lowest BCUT2D eigenvalue weighted by Gasteiger charge is -2.19. The van der Waals surface area contributed by atoms with Gasteiger partial charge in [-0.05, 0) is 19.1 Å². The van der Waals surface area contributed by atoms with Crippen LogP contribution in [0.3, 0.4) is 0 Å². The summed E-state index contributed by atoms with van der Waals surface area (Å²) in [5.41, 5.74) is 0.468. The molecule has 0 radical (unpaired) electrons. The van der Waals surface area contributed by atoms with Crippen molar-refractivity contribution in [1.82, 2.24) is 5.01 Å². The molecule has 0 aliphatic carbocycles. The van der Waals surface area contributed by atoms with Crippen LogP contribution >= 0.6 is 0 Å². The van der Waals surface area contributed by atoms with Crippen molar-refractivity contribution >= 4 is 15.9 Å². The van der Waals surface area contributed by atoms with E-state index in [1.54, 1.807) is 25.1 Å². The van der Waals surface area contributed by atoms with Gasteiger partial charge in [0.2, 0.25) is 0 Å². The summed E-state index contributed by atoms with van der Waals surface area (Å²) in [4.78, 5) is 0.149. The van der Waals surface area contributed by atoms with Crippen molar-refractivity contribution in [2.24, 2.45) is 10.2 Å². The van der Waals surface area contributed by atoms with Gasteiger partial charge in [-0.15, -0.1) is 4.40 Å². The van der Waals surface area contributed by atoms with E-state index in [2.05, 4.69) is 4.40 Å². The lowest BCUT2D eigenvalue weighted by Crippen LogP contribution is -2.41. The molecule has 1 aliphatic rings. The van der Waals surface area contributed by atoms with E-state index in [1.807, 2.05) is 0 Å². The zero-order valence-electron chi connectivity index (χ0n) is 9.24. The SMILES string of the molecule is C[C@@H](O)CN(N)C1=NS(=O)(=O)c2ccccc21. The van der Waals surface area contributed by atoms with Gasteiger partial charge in [0.05, 0.1) is 12.6 Å². The number of aliphatic hydroxyl groups excluding tert-OH is 1. The number of benzene rings is 1. The van der Waals surface area contributed by atoms with Crippen LogP contribution in [0.15, 0.2) is 33.6 Å². The number of sulfonamides is 1. The number of fused-ring (bicyclic) bond motifs is 1. The second-order valence-electron chi connectivity index (χ2n) is 3.89. The largest absolute Gasteiger partial charge is 0.392 e. The predicted molar refractivity (Wildman–Crippen MR) is 62.7 cm³/mol. The number of hydrogen-bond acceptors (Lipinski definition) is 5. The van der Waals surface area contributed by atoms with Gasteiger partial charge in [-0.2, -0.15) is 8.42 Å². The van der Waals surface area contributed by atoms with Crippen molar-refractivity contribution in [1.29, 1.82) is 0 Å². The molecule has 7 heteroatoms. The number of hydrogen-bond donors (Lipinski definition) is 2. The third-order valence-electron chi connectivity index (χ3n) is 2.35. The maximum Gasteiger partial charge on any atom is 0.285 e. The standard InChI is InChI=1S/C10H13N3O3S/c1-7(14)6-13(11)10-8-4-2-3-5-9(8)17(15,16)12-10/h2-5,7,14H,6,11H2,1H3/t7-/m1/s1. The summed E-state index contributed by atoms with van der Waals surface area (Å²) in [6.45, 7) is 1.68. The van der Waals surface area contributed by atoms with E-state index >= 15 is 0 Å². The van der Waals surface area contributed by atoms with E-state index in [1.165, 1.54) is 6.07 Å². The molecule has 6 nitrogen and oxygen atoms in total. The molecule has 0 fully saturated rings. The highest BCUT2D eigenvalue weighted by atomic mass is 32.2. The van der Waals surface area contributed by atoms with Crippen molar-refractivity contribution in [3.8, 4) is 0 Å². The summed E-state index contributed by atoms with van der Waals surface area (Å²) in [5, 5.41) is 10.4. The Balaban J connectivity index is 2.45. The molecule has 2 rings (SSSR count). The van der Waals surface area contributed by atoms with Crippen molar-refractivity contribution in [2.75, 3.05) is 6.54 Å². The van der Waals surface area contributed by atoms with Gasteiger partial charge in [0.25, 0.3) is 10.0 Å². The molecule has 0 saturated carbocycles. The number of nitrogens with two attached hydrogens (primary N) is 1. The summed E-state index contributed by atoms with van der Waals surface area (Å²) in [5.74, 6) is 5.86. The topological polar surface area (TPSA) is 96.0 Å². The van der Waals surface area contributed by atoms with Crippen LogP contribution in [0.2, 0.25) is 0 Å². The van der Waals surface area contributed by atoms with Gasteiger partial charge in [-0.25, -0.2) is 5.84 Å². The Morgan fingerprint density at radius 3 is 2.76 bits per heavy atom. The Hall–Kier alpha value is -1.44. The minimum absolute atomic E-state index is 0.114. The average Bonchev–Trinajstić information content (AvgIpc) is 2.51. The summed E-state index contributed by atoms with van der Waals surface area (Å²) >= 11 is 0. The summed E-state index contributed by atoms with van der Waals surface area (Å²) in [7, 11) is -3.65. The Bertz CT molecular complexity index is 566. The zero-order chi connectivity index (χ0) is 12.6. The highest BCUT2D eigenvalue weighted by Crippen LogP contribution is 2.26. The third kappa shape index (κ3) is 2.17. The molecular formula is C10H13N3O3S. The normalized spacial score (nSPS) is 18.4. The van der Waals surface area contributed by atoms with Crippen LogP contribution in [0.1, 0.15) is 12.5 Å². The highest BCUT2D eigenvalue weighted by Gasteiger charge is 2.30. The van der Waals surface area contributed by atoms with E-state index in [9.17, 15) is 13.5 Å². The monoisotopic (exact) mass is 255 g/mol. The predicted octanol–water partition coefficient (Wildman–Crippen LogP) is -0.308. The molecule has 3 N–H and O–H groups in total. The fourth-order valence-corrected chi connectivity index (χ4v) is 2.88. The number of amidine groups is 1. The van der Waals surface area contributed by atoms with Crippen LogP contribution in [-0.2, 0) is 10.0 Å². The lowest BCUT2D eigenvalue weighted by molar-refractivity contribution is 0.160. The van der Waals surface area contributed by atoms with Gasteiger partial charge in [-0.1, -0.05) is 12.1 Å². The van der Waals surface area contributed by atoms with E-state index < -0.39 is 16.1 Å². The molecule has 0 spiro atoms. The van der Waals surface area contributed by atoms with E-state index in [-0.39, 0.29) is 17.3 Å². The third-order valence-corrected chi connectivity index (χ3v) is 3.67. The first-order chi connectivity index (χ1) is 7.92. The number of nitrogens with zero attached hydrogens (tertiary/aromatic N) is 2. The first-order valence-corrected chi connectivity index (χ1v) is 6.50. The molecule has 17 heavy (non-hydrogen) atoms. The second kappa shape index (κ2) is 4.10. The maximum absolute atomic E-state index is 11.7. The maximum atomic E-state index is 11.7. The van der Waals surface area contributed by atoms with Crippen LogP contribution in [0.5, 0.6) is 0 Å². The Morgan fingerprint density at radius 1 is 1.47 bits per heavy atom. The van der Waals surface area contributed by atoms with Gasteiger partial charge in [-0.3, -0.25) is 5.01 Å². The molecule has 0 amide bonds. The summed E-state index contributed by atoms with van der Waals surface area (Å²) in [6, 6.07) is 6.47. The molecule has 1 atom stereocenters. The molecular weight excluding hydrogens is 242 g/mol. The van der Waals surface area contributed by atoms with Crippen LogP contribution < -0.4 is 5.84 Å². The van der Waals surface area contributed by atoms with Crippen molar-refractivity contribution in [2.45, 2.75) is 17.9 Å². The van der Waals surface area contributed by atoms with Crippen molar-refractivity contribution in [3.05, 3.63) is 29.8 Å². The molecule has 0 saturated heterocycles. The molecule has 92 valence electrons. The first-order valence-electron chi connectivity index (χ1n) is 5.06. The van der Waals surface area contributed by atoms with Gasteiger partial charge in [0.1, 0.15) is 4.90 Å². The highest BCUT2D eigenvalue weighted by molar-refractivity contribution is 7.90. The molecule has 0 unspecified atom stereocenters. The molecule has 1 aromatic carbocycles. The summed E-state index contributed by atoms with van der Waals surface area (Å²) in [6.07, 6.45) is -0.668. The minimum Gasteiger partial charge on any atom is -0.392 e.